The summed E-state index contributed by atoms with van der Waals surface area (Å²) in [6, 6.07) is 7.81. The summed E-state index contributed by atoms with van der Waals surface area (Å²) in [7, 11) is -4.14. The average molecular weight is 453 g/mol. The second kappa shape index (κ2) is 7.84. The maximum absolute atomic E-state index is 12.3. The maximum atomic E-state index is 12.3. The van der Waals surface area contributed by atoms with Crippen LogP contribution in [0, 0.1) is 5.92 Å². The quantitative estimate of drug-likeness (QED) is 0.505. The summed E-state index contributed by atoms with van der Waals surface area (Å²) in [6.45, 7) is 0. The van der Waals surface area contributed by atoms with Gasteiger partial charge in [0.15, 0.2) is 0 Å². The average Bonchev–Trinajstić information content (AvgIpc) is 3.44. The number of carbonyl (C=O) groups is 1. The number of anilines is 2. The van der Waals surface area contributed by atoms with E-state index in [4.69, 9.17) is 0 Å². The highest BCUT2D eigenvalue weighted by Crippen LogP contribution is 2.31. The number of fused-ring (bicyclic) bond motifs is 1. The topological polar surface area (TPSA) is 117 Å². The zero-order chi connectivity index (χ0) is 22.2. The van der Waals surface area contributed by atoms with Crippen LogP contribution in [0.4, 0.5) is 24.8 Å². The lowest BCUT2D eigenvalue weighted by Gasteiger charge is -2.11. The van der Waals surface area contributed by atoms with Crippen molar-refractivity contribution in [3.63, 3.8) is 0 Å². The zero-order valence-electron chi connectivity index (χ0n) is 16.0. The first-order chi connectivity index (χ1) is 14.6. The molecule has 0 saturated heterocycles. The number of carbonyl (C=O) groups excluding carboxylic acids is 1. The molecular formula is C19H18F3N5O3S. The minimum absolute atomic E-state index is 0.0176. The van der Waals surface area contributed by atoms with Crippen LogP contribution in [0.3, 0.4) is 0 Å². The number of hydrogen-bond donors (Lipinski definition) is 3. The number of halogens is 3. The first-order valence-electron chi connectivity index (χ1n) is 9.43. The molecule has 31 heavy (non-hydrogen) atoms. The molecule has 4 rings (SSSR count). The first-order valence-corrected chi connectivity index (χ1v) is 11.1. The van der Waals surface area contributed by atoms with Crippen LogP contribution in [0.2, 0.25) is 0 Å². The van der Waals surface area contributed by atoms with Crippen LogP contribution >= 0.6 is 0 Å². The molecule has 164 valence electrons. The van der Waals surface area contributed by atoms with Gasteiger partial charge in [-0.1, -0.05) is 12.1 Å². The van der Waals surface area contributed by atoms with Gasteiger partial charge < -0.3 is 4.98 Å². The predicted octanol–water partition coefficient (Wildman–Crippen LogP) is 3.67. The normalized spacial score (nSPS) is 14.5. The number of alkyl halides is 3. The summed E-state index contributed by atoms with van der Waals surface area (Å²) in [6.07, 6.45) is -2.63. The molecule has 3 aromatic rings. The lowest BCUT2D eigenvalue weighted by molar-refractivity contribution is -0.130. The molecule has 0 bridgehead atoms. The van der Waals surface area contributed by atoms with Crippen LogP contribution < -0.4 is 10.0 Å². The number of aromatic nitrogens is 3. The summed E-state index contributed by atoms with van der Waals surface area (Å²) < 4.78 is 62.8. The van der Waals surface area contributed by atoms with Gasteiger partial charge >= 0.3 is 6.18 Å². The molecule has 0 radical (unpaired) electrons. The molecule has 1 saturated carbocycles. The Balaban J connectivity index is 1.55. The van der Waals surface area contributed by atoms with E-state index in [1.54, 1.807) is 24.4 Å². The van der Waals surface area contributed by atoms with E-state index >= 15 is 0 Å². The van der Waals surface area contributed by atoms with E-state index in [9.17, 15) is 26.4 Å². The van der Waals surface area contributed by atoms with E-state index in [1.165, 1.54) is 12.1 Å². The highest BCUT2D eigenvalue weighted by molar-refractivity contribution is 7.92. The van der Waals surface area contributed by atoms with E-state index in [0.29, 0.717) is 22.3 Å². The number of nitrogens with one attached hydrogen (secondary N) is 3. The summed E-state index contributed by atoms with van der Waals surface area (Å²) in [5.41, 5.74) is 1.79. The number of aromatic amines is 1. The molecule has 3 N–H and O–H groups in total. The van der Waals surface area contributed by atoms with Gasteiger partial charge in [-0.2, -0.15) is 18.2 Å². The Morgan fingerprint density at radius 3 is 2.48 bits per heavy atom. The molecule has 0 spiro atoms. The van der Waals surface area contributed by atoms with Gasteiger partial charge in [-0.3, -0.25) is 14.8 Å². The van der Waals surface area contributed by atoms with Crippen LogP contribution in [0.25, 0.3) is 22.3 Å². The number of sulfonamides is 1. The summed E-state index contributed by atoms with van der Waals surface area (Å²) >= 11 is 0. The highest BCUT2D eigenvalue weighted by atomic mass is 32.2. The van der Waals surface area contributed by atoms with Crippen LogP contribution in [0.15, 0.2) is 36.5 Å². The number of hydrogen-bond acceptors (Lipinski definition) is 5. The molecule has 0 unspecified atom stereocenters. The maximum Gasteiger partial charge on any atom is 0.390 e. The third-order valence-electron chi connectivity index (χ3n) is 4.68. The van der Waals surface area contributed by atoms with Crippen molar-refractivity contribution in [2.75, 3.05) is 15.8 Å². The zero-order valence-corrected chi connectivity index (χ0v) is 16.8. The van der Waals surface area contributed by atoms with Crippen molar-refractivity contribution in [3.8, 4) is 11.3 Å². The Morgan fingerprint density at radius 1 is 1.13 bits per heavy atom. The van der Waals surface area contributed by atoms with Crippen LogP contribution in [-0.2, 0) is 14.8 Å². The fraction of sp³-hybridized carbons (Fsp3) is 0.316. The minimum Gasteiger partial charge on any atom is -0.346 e. The van der Waals surface area contributed by atoms with Gasteiger partial charge in [0.2, 0.25) is 21.9 Å². The van der Waals surface area contributed by atoms with Gasteiger partial charge in [-0.25, -0.2) is 13.4 Å². The first kappa shape index (κ1) is 21.1. The summed E-state index contributed by atoms with van der Waals surface area (Å²) in [5.74, 6) is -1.06. The fourth-order valence-electron chi connectivity index (χ4n) is 2.95. The Kier molecular flexibility index (Phi) is 5.33. The summed E-state index contributed by atoms with van der Waals surface area (Å²) in [5, 5.41) is 3.40. The van der Waals surface area contributed by atoms with Crippen LogP contribution in [0.5, 0.6) is 0 Å². The number of amides is 1. The number of rotatable bonds is 7. The molecule has 0 atom stereocenters. The van der Waals surface area contributed by atoms with Gasteiger partial charge in [-0.05, 0) is 31.0 Å². The van der Waals surface area contributed by atoms with E-state index in [-0.39, 0.29) is 23.5 Å². The Labute approximate surface area is 175 Å². The SMILES string of the molecule is O=C(Nc1nc(-c2ccc(NS(=O)(=O)CCC(F)(F)F)cc2)c2cc[nH]c2n1)C1CC1. The van der Waals surface area contributed by atoms with Crippen molar-refractivity contribution in [1.82, 2.24) is 15.0 Å². The molecule has 1 aromatic carbocycles. The molecule has 2 heterocycles. The van der Waals surface area contributed by atoms with Gasteiger partial charge in [0.05, 0.1) is 17.9 Å². The molecule has 1 aliphatic carbocycles. The number of H-pyrrole nitrogens is 1. The Morgan fingerprint density at radius 2 is 1.84 bits per heavy atom. The Hall–Kier alpha value is -3.15. The van der Waals surface area contributed by atoms with Crippen molar-refractivity contribution < 1.29 is 26.4 Å². The molecule has 8 nitrogen and oxygen atoms in total. The second-order valence-corrected chi connectivity index (χ2v) is 9.10. The highest BCUT2D eigenvalue weighted by Gasteiger charge is 2.31. The van der Waals surface area contributed by atoms with Gasteiger partial charge in [0.25, 0.3) is 0 Å². The van der Waals surface area contributed by atoms with Crippen molar-refractivity contribution in [2.24, 2.45) is 5.92 Å². The van der Waals surface area contributed by atoms with E-state index in [0.717, 1.165) is 12.8 Å². The molecule has 1 aliphatic rings. The second-order valence-electron chi connectivity index (χ2n) is 7.26. The van der Waals surface area contributed by atoms with Crippen LogP contribution in [0.1, 0.15) is 19.3 Å². The standard InChI is InChI=1S/C19H18F3N5O3S/c20-19(21,22)8-10-31(29,30)27-13-5-3-11(4-6-13)15-14-7-9-23-16(14)25-18(24-15)26-17(28)12-1-2-12/h3-7,9,12,27H,1-2,8,10H2,(H2,23,24,25,26,28). The summed E-state index contributed by atoms with van der Waals surface area (Å²) in [4.78, 5) is 23.7. The fourth-order valence-corrected chi connectivity index (χ4v) is 4.05. The van der Waals surface area contributed by atoms with E-state index in [2.05, 4.69) is 25.0 Å². The van der Waals surface area contributed by atoms with Gasteiger partial charge in [0, 0.05) is 28.8 Å². The van der Waals surface area contributed by atoms with Crippen molar-refractivity contribution >= 4 is 38.6 Å². The molecule has 12 heteroatoms. The molecule has 2 aromatic heterocycles. The number of benzene rings is 1. The predicted molar refractivity (Wildman–Crippen MR) is 109 cm³/mol. The Bertz CT molecular complexity index is 1220. The van der Waals surface area contributed by atoms with Crippen molar-refractivity contribution in [2.45, 2.75) is 25.4 Å². The lowest BCUT2D eigenvalue weighted by Crippen LogP contribution is -2.21. The van der Waals surface area contributed by atoms with E-state index in [1.807, 2.05) is 0 Å². The van der Waals surface area contributed by atoms with Crippen molar-refractivity contribution in [3.05, 3.63) is 36.5 Å². The lowest BCUT2D eigenvalue weighted by atomic mass is 10.1. The number of nitrogens with zero attached hydrogens (tertiary/aromatic N) is 2. The molecule has 0 aliphatic heterocycles. The van der Waals surface area contributed by atoms with Crippen molar-refractivity contribution in [1.29, 1.82) is 0 Å². The third kappa shape index (κ3) is 5.32. The van der Waals surface area contributed by atoms with E-state index < -0.39 is 28.4 Å². The largest absolute Gasteiger partial charge is 0.390 e. The molecule has 1 amide bonds. The van der Waals surface area contributed by atoms with Gasteiger partial charge in [0.1, 0.15) is 5.65 Å². The van der Waals surface area contributed by atoms with Crippen LogP contribution in [-0.4, -0.2) is 41.2 Å². The van der Waals surface area contributed by atoms with Gasteiger partial charge in [-0.15, -0.1) is 0 Å². The molecule has 1 fully saturated rings. The third-order valence-corrected chi connectivity index (χ3v) is 5.97. The smallest absolute Gasteiger partial charge is 0.346 e. The molecular weight excluding hydrogens is 435 g/mol. The minimum atomic E-state index is -4.56. The monoisotopic (exact) mass is 453 g/mol.